The van der Waals surface area contributed by atoms with Gasteiger partial charge in [-0.2, -0.15) is 0 Å². The lowest BCUT2D eigenvalue weighted by Crippen LogP contribution is -2.32. The van der Waals surface area contributed by atoms with Gasteiger partial charge in [0.1, 0.15) is 17.3 Å². The topological polar surface area (TPSA) is 59.6 Å². The molecule has 1 amide bonds. The van der Waals surface area contributed by atoms with Crippen LogP contribution in [0.15, 0.2) is 42.5 Å². The molecule has 2 aromatic rings. The SMILES string of the molecule is COc1ccc(NC(=O)CC(C)NCCc2cccc(F)c2)c(OC)c1. The van der Waals surface area contributed by atoms with Crippen molar-refractivity contribution in [1.29, 1.82) is 0 Å². The van der Waals surface area contributed by atoms with Crippen molar-refractivity contribution >= 4 is 11.6 Å². The average molecular weight is 360 g/mol. The van der Waals surface area contributed by atoms with Crippen molar-refractivity contribution in [3.05, 3.63) is 53.8 Å². The largest absolute Gasteiger partial charge is 0.497 e. The molecule has 0 aliphatic rings. The van der Waals surface area contributed by atoms with Gasteiger partial charge in [0.25, 0.3) is 0 Å². The summed E-state index contributed by atoms with van der Waals surface area (Å²) in [5, 5.41) is 6.13. The van der Waals surface area contributed by atoms with Crippen molar-refractivity contribution in [1.82, 2.24) is 5.32 Å². The van der Waals surface area contributed by atoms with Crippen molar-refractivity contribution in [2.45, 2.75) is 25.8 Å². The molecule has 0 saturated carbocycles. The second-order valence-electron chi connectivity index (χ2n) is 6.05. The van der Waals surface area contributed by atoms with Crippen LogP contribution in [-0.4, -0.2) is 32.7 Å². The standard InChI is InChI=1S/C20H25FN2O3/c1-14(22-10-9-15-5-4-6-16(21)12-15)11-20(24)23-18-8-7-17(25-2)13-19(18)26-3/h4-8,12-14,22H,9-11H2,1-3H3,(H,23,24). The van der Waals surface area contributed by atoms with E-state index in [-0.39, 0.29) is 17.8 Å². The molecule has 140 valence electrons. The number of carbonyl (C=O) groups excluding carboxylic acids is 1. The Bertz CT molecular complexity index is 737. The first kappa shape index (κ1) is 19.7. The maximum Gasteiger partial charge on any atom is 0.226 e. The van der Waals surface area contributed by atoms with Gasteiger partial charge in [0.15, 0.2) is 0 Å². The van der Waals surface area contributed by atoms with Crippen LogP contribution in [0.25, 0.3) is 0 Å². The Balaban J connectivity index is 1.80. The zero-order valence-corrected chi connectivity index (χ0v) is 15.3. The van der Waals surface area contributed by atoms with Crippen molar-refractivity contribution in [3.8, 4) is 11.5 Å². The Labute approximate surface area is 153 Å². The number of methoxy groups -OCH3 is 2. The number of anilines is 1. The van der Waals surface area contributed by atoms with Gasteiger partial charge in [-0.15, -0.1) is 0 Å². The highest BCUT2D eigenvalue weighted by molar-refractivity contribution is 5.92. The predicted molar refractivity (Wildman–Crippen MR) is 100 cm³/mol. The molecule has 0 heterocycles. The molecule has 2 aromatic carbocycles. The molecule has 26 heavy (non-hydrogen) atoms. The van der Waals surface area contributed by atoms with Gasteiger partial charge in [0.2, 0.25) is 5.91 Å². The first-order chi connectivity index (χ1) is 12.5. The lowest BCUT2D eigenvalue weighted by Gasteiger charge is -2.15. The van der Waals surface area contributed by atoms with Crippen LogP contribution in [0.3, 0.4) is 0 Å². The Hall–Kier alpha value is -2.60. The molecular weight excluding hydrogens is 335 g/mol. The van der Waals surface area contributed by atoms with E-state index in [0.717, 1.165) is 5.56 Å². The molecule has 6 heteroatoms. The minimum Gasteiger partial charge on any atom is -0.497 e. The first-order valence-corrected chi connectivity index (χ1v) is 8.51. The van der Waals surface area contributed by atoms with Crippen LogP contribution in [0.5, 0.6) is 11.5 Å². The fourth-order valence-electron chi connectivity index (χ4n) is 2.61. The monoisotopic (exact) mass is 360 g/mol. The van der Waals surface area contributed by atoms with Gasteiger partial charge >= 0.3 is 0 Å². The summed E-state index contributed by atoms with van der Waals surface area (Å²) in [5.74, 6) is 0.860. The molecule has 0 radical (unpaired) electrons. The van der Waals surface area contributed by atoms with E-state index in [1.807, 2.05) is 13.0 Å². The van der Waals surface area contributed by atoms with E-state index in [2.05, 4.69) is 10.6 Å². The lowest BCUT2D eigenvalue weighted by atomic mass is 10.1. The Kier molecular flexibility index (Phi) is 7.41. The second kappa shape index (κ2) is 9.77. The van der Waals surface area contributed by atoms with Gasteiger partial charge in [0, 0.05) is 18.5 Å². The van der Waals surface area contributed by atoms with Gasteiger partial charge in [-0.3, -0.25) is 4.79 Å². The van der Waals surface area contributed by atoms with Crippen LogP contribution in [0.2, 0.25) is 0 Å². The number of carbonyl (C=O) groups is 1. The molecule has 5 nitrogen and oxygen atoms in total. The fourth-order valence-corrected chi connectivity index (χ4v) is 2.61. The highest BCUT2D eigenvalue weighted by Crippen LogP contribution is 2.29. The molecule has 0 spiro atoms. The van der Waals surface area contributed by atoms with Crippen molar-refractivity contribution < 1.29 is 18.7 Å². The third-order valence-electron chi connectivity index (χ3n) is 3.97. The van der Waals surface area contributed by atoms with E-state index in [1.54, 1.807) is 38.5 Å². The summed E-state index contributed by atoms with van der Waals surface area (Å²) in [5.41, 5.74) is 1.53. The Morgan fingerprint density at radius 1 is 1.15 bits per heavy atom. The molecule has 0 saturated heterocycles. The number of hydrogen-bond donors (Lipinski definition) is 2. The van der Waals surface area contributed by atoms with Crippen LogP contribution in [-0.2, 0) is 11.2 Å². The maximum absolute atomic E-state index is 13.2. The third kappa shape index (κ3) is 6.04. The van der Waals surface area contributed by atoms with Crippen molar-refractivity contribution in [3.63, 3.8) is 0 Å². The summed E-state index contributed by atoms with van der Waals surface area (Å²) < 4.78 is 23.6. The molecule has 0 aromatic heterocycles. The van der Waals surface area contributed by atoms with Gasteiger partial charge in [-0.05, 0) is 49.7 Å². The van der Waals surface area contributed by atoms with E-state index in [4.69, 9.17) is 9.47 Å². The number of benzene rings is 2. The van der Waals surface area contributed by atoms with Crippen molar-refractivity contribution in [2.75, 3.05) is 26.1 Å². The number of rotatable bonds is 9. The molecular formula is C20H25FN2O3. The van der Waals surface area contributed by atoms with Crippen LogP contribution in [0.1, 0.15) is 18.9 Å². The summed E-state index contributed by atoms with van der Waals surface area (Å²) in [7, 11) is 3.12. The van der Waals surface area contributed by atoms with E-state index >= 15 is 0 Å². The zero-order valence-electron chi connectivity index (χ0n) is 15.3. The summed E-state index contributed by atoms with van der Waals surface area (Å²) in [4.78, 5) is 12.2. The van der Waals surface area contributed by atoms with Gasteiger partial charge in [-0.1, -0.05) is 12.1 Å². The molecule has 0 bridgehead atoms. The van der Waals surface area contributed by atoms with Crippen LogP contribution in [0, 0.1) is 5.82 Å². The van der Waals surface area contributed by atoms with Crippen LogP contribution in [0.4, 0.5) is 10.1 Å². The first-order valence-electron chi connectivity index (χ1n) is 8.51. The summed E-state index contributed by atoms with van der Waals surface area (Å²) in [6.07, 6.45) is 1.02. The molecule has 1 unspecified atom stereocenters. The summed E-state index contributed by atoms with van der Waals surface area (Å²) in [6.45, 7) is 2.61. The number of amides is 1. The Morgan fingerprint density at radius 3 is 2.65 bits per heavy atom. The predicted octanol–water partition coefficient (Wildman–Crippen LogP) is 3.39. The molecule has 0 aliphatic carbocycles. The zero-order chi connectivity index (χ0) is 18.9. The van der Waals surface area contributed by atoms with E-state index in [1.165, 1.54) is 12.1 Å². The smallest absolute Gasteiger partial charge is 0.226 e. The lowest BCUT2D eigenvalue weighted by molar-refractivity contribution is -0.116. The molecule has 0 fully saturated rings. The minimum atomic E-state index is -0.233. The van der Waals surface area contributed by atoms with E-state index in [9.17, 15) is 9.18 Å². The number of ether oxygens (including phenoxy) is 2. The third-order valence-corrected chi connectivity index (χ3v) is 3.97. The second-order valence-corrected chi connectivity index (χ2v) is 6.05. The number of nitrogens with one attached hydrogen (secondary N) is 2. The van der Waals surface area contributed by atoms with E-state index < -0.39 is 0 Å². The molecule has 2 rings (SSSR count). The minimum absolute atomic E-state index is 0.00666. The highest BCUT2D eigenvalue weighted by Gasteiger charge is 2.12. The average Bonchev–Trinajstić information content (AvgIpc) is 2.62. The Morgan fingerprint density at radius 2 is 1.96 bits per heavy atom. The summed E-state index contributed by atoms with van der Waals surface area (Å²) >= 11 is 0. The van der Waals surface area contributed by atoms with Gasteiger partial charge < -0.3 is 20.1 Å². The van der Waals surface area contributed by atoms with Gasteiger partial charge in [-0.25, -0.2) is 4.39 Å². The molecule has 2 N–H and O–H groups in total. The molecule has 0 aliphatic heterocycles. The molecule has 1 atom stereocenters. The number of halogens is 1. The normalized spacial score (nSPS) is 11.7. The maximum atomic E-state index is 13.2. The van der Waals surface area contributed by atoms with Gasteiger partial charge in [0.05, 0.1) is 19.9 Å². The van der Waals surface area contributed by atoms with Crippen LogP contribution >= 0.6 is 0 Å². The number of hydrogen-bond acceptors (Lipinski definition) is 4. The quantitative estimate of drug-likeness (QED) is 0.720. The fraction of sp³-hybridized carbons (Fsp3) is 0.350. The highest BCUT2D eigenvalue weighted by atomic mass is 19.1. The van der Waals surface area contributed by atoms with E-state index in [0.29, 0.717) is 36.6 Å². The van der Waals surface area contributed by atoms with Crippen LogP contribution < -0.4 is 20.1 Å². The van der Waals surface area contributed by atoms with Crippen molar-refractivity contribution in [2.24, 2.45) is 0 Å². The summed E-state index contributed by atoms with van der Waals surface area (Å²) in [6, 6.07) is 11.8.